The van der Waals surface area contributed by atoms with Gasteiger partial charge in [0.2, 0.25) is 0 Å². The second kappa shape index (κ2) is 3.60. The van der Waals surface area contributed by atoms with Crippen LogP contribution >= 0.6 is 0 Å². The summed E-state index contributed by atoms with van der Waals surface area (Å²) in [4.78, 5) is 27.0. The normalized spacial score (nSPS) is 13.8. The van der Waals surface area contributed by atoms with Gasteiger partial charge in [0.05, 0.1) is 18.2 Å². The van der Waals surface area contributed by atoms with Gasteiger partial charge in [-0.3, -0.25) is 14.9 Å². The van der Waals surface area contributed by atoms with Crippen molar-refractivity contribution in [2.24, 2.45) is 0 Å². The predicted molar refractivity (Wildman–Crippen MR) is 74.2 cm³/mol. The molecule has 0 radical (unpaired) electrons. The van der Waals surface area contributed by atoms with Gasteiger partial charge < -0.3 is 9.72 Å². The second-order valence-electron chi connectivity index (χ2n) is 4.73. The Hall–Kier alpha value is -2.82. The third-order valence-corrected chi connectivity index (χ3v) is 3.67. The number of aromatic amines is 1. The molecule has 1 aromatic heterocycles. The number of imide groups is 1. The summed E-state index contributed by atoms with van der Waals surface area (Å²) in [6.45, 7) is 0. The van der Waals surface area contributed by atoms with Crippen LogP contribution in [0, 0.1) is 0 Å². The molecule has 0 saturated carbocycles. The predicted octanol–water partition coefficient (Wildman–Crippen LogP) is 2.21. The highest BCUT2D eigenvalue weighted by Crippen LogP contribution is 2.34. The Bertz CT molecular complexity index is 908. The van der Waals surface area contributed by atoms with Crippen LogP contribution in [0.15, 0.2) is 30.3 Å². The molecule has 1 aliphatic rings. The minimum atomic E-state index is -0.348. The molecule has 0 spiro atoms. The van der Waals surface area contributed by atoms with Crippen LogP contribution < -0.4 is 10.1 Å². The summed E-state index contributed by atoms with van der Waals surface area (Å²) in [5.74, 6) is 0.0178. The van der Waals surface area contributed by atoms with Gasteiger partial charge in [-0.15, -0.1) is 0 Å². The van der Waals surface area contributed by atoms with E-state index in [2.05, 4.69) is 10.3 Å². The van der Waals surface area contributed by atoms with Crippen LogP contribution in [0.4, 0.5) is 0 Å². The third kappa shape index (κ3) is 1.26. The lowest BCUT2D eigenvalue weighted by Gasteiger charge is -2.00. The lowest BCUT2D eigenvalue weighted by Crippen LogP contribution is -2.19. The van der Waals surface area contributed by atoms with Gasteiger partial charge in [0.15, 0.2) is 0 Å². The summed E-state index contributed by atoms with van der Waals surface area (Å²) < 4.78 is 5.23. The van der Waals surface area contributed by atoms with Gasteiger partial charge in [-0.05, 0) is 30.3 Å². The molecule has 98 valence electrons. The van der Waals surface area contributed by atoms with E-state index in [1.54, 1.807) is 13.2 Å². The lowest BCUT2D eigenvalue weighted by molar-refractivity contribution is 0.0880. The molecule has 0 unspecified atom stereocenters. The van der Waals surface area contributed by atoms with Gasteiger partial charge in [-0.2, -0.15) is 0 Å². The second-order valence-corrected chi connectivity index (χ2v) is 4.73. The zero-order chi connectivity index (χ0) is 13.9. The van der Waals surface area contributed by atoms with Crippen molar-refractivity contribution in [2.75, 3.05) is 7.11 Å². The number of fused-ring (bicyclic) bond motifs is 5. The van der Waals surface area contributed by atoms with E-state index in [1.807, 2.05) is 24.3 Å². The van der Waals surface area contributed by atoms with Crippen LogP contribution in [0.3, 0.4) is 0 Å². The Morgan fingerprint density at radius 3 is 2.60 bits per heavy atom. The molecule has 0 bridgehead atoms. The molecular formula is C15H10N2O3. The van der Waals surface area contributed by atoms with E-state index in [0.717, 1.165) is 21.8 Å². The van der Waals surface area contributed by atoms with Crippen LogP contribution in [-0.2, 0) is 0 Å². The van der Waals surface area contributed by atoms with E-state index in [4.69, 9.17) is 4.74 Å². The molecule has 0 fully saturated rings. The topological polar surface area (TPSA) is 71.2 Å². The van der Waals surface area contributed by atoms with Gasteiger partial charge in [-0.25, -0.2) is 0 Å². The first-order chi connectivity index (χ1) is 9.69. The number of carbonyl (C=O) groups excluding carboxylic acids is 2. The van der Waals surface area contributed by atoms with E-state index < -0.39 is 0 Å². The molecule has 0 aliphatic carbocycles. The number of carbonyl (C=O) groups is 2. The molecular weight excluding hydrogens is 256 g/mol. The quantitative estimate of drug-likeness (QED) is 0.663. The molecule has 5 nitrogen and oxygen atoms in total. The van der Waals surface area contributed by atoms with Crippen LogP contribution in [0.1, 0.15) is 20.7 Å². The average molecular weight is 266 g/mol. The van der Waals surface area contributed by atoms with Crippen molar-refractivity contribution in [3.05, 3.63) is 41.5 Å². The maximum atomic E-state index is 12.0. The molecule has 2 aromatic carbocycles. The Balaban J connectivity index is 2.21. The Morgan fingerprint density at radius 2 is 1.80 bits per heavy atom. The summed E-state index contributed by atoms with van der Waals surface area (Å²) in [7, 11) is 1.59. The van der Waals surface area contributed by atoms with Gasteiger partial charge in [0.1, 0.15) is 5.75 Å². The van der Waals surface area contributed by atoms with Gasteiger partial charge in [-0.1, -0.05) is 0 Å². The highest BCUT2D eigenvalue weighted by molar-refractivity contribution is 6.30. The van der Waals surface area contributed by atoms with Crippen molar-refractivity contribution in [3.63, 3.8) is 0 Å². The zero-order valence-corrected chi connectivity index (χ0v) is 10.6. The average Bonchev–Trinajstić information content (AvgIpc) is 2.96. The van der Waals surface area contributed by atoms with E-state index in [9.17, 15) is 9.59 Å². The molecule has 20 heavy (non-hydrogen) atoms. The van der Waals surface area contributed by atoms with Crippen molar-refractivity contribution in [3.8, 4) is 5.75 Å². The van der Waals surface area contributed by atoms with Crippen LogP contribution in [0.5, 0.6) is 5.75 Å². The summed E-state index contributed by atoms with van der Waals surface area (Å²) in [6, 6.07) is 9.10. The number of hydrogen-bond acceptors (Lipinski definition) is 3. The summed E-state index contributed by atoms with van der Waals surface area (Å²) in [6.07, 6.45) is 0. The fraction of sp³-hybridized carbons (Fsp3) is 0.0667. The third-order valence-electron chi connectivity index (χ3n) is 3.67. The lowest BCUT2D eigenvalue weighted by atomic mass is 10.0. The monoisotopic (exact) mass is 266 g/mol. The van der Waals surface area contributed by atoms with Crippen molar-refractivity contribution >= 4 is 33.6 Å². The highest BCUT2D eigenvalue weighted by atomic mass is 16.5. The number of H-pyrrole nitrogens is 1. The van der Waals surface area contributed by atoms with E-state index in [-0.39, 0.29) is 11.8 Å². The molecule has 2 amide bonds. The van der Waals surface area contributed by atoms with E-state index in [1.165, 1.54) is 0 Å². The smallest absolute Gasteiger partial charge is 0.259 e. The van der Waals surface area contributed by atoms with Crippen LogP contribution in [-0.4, -0.2) is 23.9 Å². The number of ether oxygens (including phenoxy) is 1. The molecule has 5 heteroatoms. The van der Waals surface area contributed by atoms with E-state index >= 15 is 0 Å². The highest BCUT2D eigenvalue weighted by Gasteiger charge is 2.30. The van der Waals surface area contributed by atoms with Crippen molar-refractivity contribution in [2.45, 2.75) is 0 Å². The fourth-order valence-corrected chi connectivity index (χ4v) is 2.76. The minimum absolute atomic E-state index is 0.343. The number of rotatable bonds is 1. The van der Waals surface area contributed by atoms with Gasteiger partial charge in [0.25, 0.3) is 11.8 Å². The summed E-state index contributed by atoms with van der Waals surface area (Å²) in [5.41, 5.74) is 2.59. The van der Waals surface area contributed by atoms with Crippen molar-refractivity contribution < 1.29 is 14.3 Å². The standard InChI is InChI=1S/C15H10N2O3/c1-20-7-2-4-10-9(6-7)12-11(16-10)5-3-8-13(12)15(19)17-14(8)18/h2-6,16H,1H3,(H,17,18,19). The number of hydrogen-bond donors (Lipinski definition) is 2. The maximum Gasteiger partial charge on any atom is 0.259 e. The largest absolute Gasteiger partial charge is 0.497 e. The molecule has 0 saturated heterocycles. The van der Waals surface area contributed by atoms with Crippen LogP contribution in [0.25, 0.3) is 21.8 Å². The molecule has 2 N–H and O–H groups in total. The minimum Gasteiger partial charge on any atom is -0.497 e. The summed E-state index contributed by atoms with van der Waals surface area (Å²) >= 11 is 0. The SMILES string of the molecule is COc1ccc2[nH]c3ccc4c(c3c2c1)C(=O)NC4=O. The molecule has 4 rings (SSSR count). The first-order valence-electron chi connectivity index (χ1n) is 6.17. The molecule has 1 aliphatic heterocycles. The number of nitrogens with one attached hydrogen (secondary N) is 2. The first-order valence-corrected chi connectivity index (χ1v) is 6.17. The van der Waals surface area contributed by atoms with Crippen molar-refractivity contribution in [1.82, 2.24) is 10.3 Å². The van der Waals surface area contributed by atoms with Gasteiger partial charge in [0, 0.05) is 21.8 Å². The van der Waals surface area contributed by atoms with Gasteiger partial charge >= 0.3 is 0 Å². The van der Waals surface area contributed by atoms with Crippen LogP contribution in [0.2, 0.25) is 0 Å². The molecule has 3 aromatic rings. The zero-order valence-electron chi connectivity index (χ0n) is 10.6. The number of aromatic nitrogens is 1. The molecule has 0 atom stereocenters. The Labute approximate surface area is 113 Å². The number of methoxy groups -OCH3 is 1. The Kier molecular flexibility index (Phi) is 1.99. The number of benzene rings is 2. The fourth-order valence-electron chi connectivity index (χ4n) is 2.76. The first kappa shape index (κ1) is 11.0. The number of amides is 2. The maximum absolute atomic E-state index is 12.0. The summed E-state index contributed by atoms with van der Waals surface area (Å²) in [5, 5.41) is 3.97. The van der Waals surface area contributed by atoms with Crippen molar-refractivity contribution in [1.29, 1.82) is 0 Å². The van der Waals surface area contributed by atoms with E-state index in [0.29, 0.717) is 16.9 Å². The Morgan fingerprint density at radius 1 is 1.00 bits per heavy atom. The molecule has 2 heterocycles.